The Morgan fingerprint density at radius 3 is 2.50 bits per heavy atom. The van der Waals surface area contributed by atoms with Crippen LogP contribution in [-0.4, -0.2) is 4.98 Å². The molecule has 0 atom stereocenters. The van der Waals surface area contributed by atoms with Crippen molar-refractivity contribution in [2.75, 3.05) is 0 Å². The maximum Gasteiger partial charge on any atom is 0.123 e. The molecule has 0 saturated heterocycles. The molecule has 5 aromatic rings. The zero-order valence-corrected chi connectivity index (χ0v) is 18.7. The van der Waals surface area contributed by atoms with Crippen LogP contribution in [0.4, 0.5) is 4.39 Å². The summed E-state index contributed by atoms with van der Waals surface area (Å²) < 4.78 is 15.9. The van der Waals surface area contributed by atoms with Crippen LogP contribution in [0.15, 0.2) is 79.0 Å². The predicted octanol–water partition coefficient (Wildman–Crippen LogP) is 8.66. The lowest BCUT2D eigenvalue weighted by atomic mass is 9.97. The summed E-state index contributed by atoms with van der Waals surface area (Å²) in [5.74, 6) is 0.624. The Labute approximate surface area is 191 Å². The fourth-order valence-electron chi connectivity index (χ4n) is 5.12. The van der Waals surface area contributed by atoms with Crippen molar-refractivity contribution in [1.29, 1.82) is 0 Å². The zero-order chi connectivity index (χ0) is 21.5. The first kappa shape index (κ1) is 19.6. The van der Waals surface area contributed by atoms with E-state index in [-0.39, 0.29) is 5.82 Å². The third-order valence-corrected chi connectivity index (χ3v) is 7.98. The average Bonchev–Trinajstić information content (AvgIpc) is 3.46. The van der Waals surface area contributed by atoms with Crippen LogP contribution in [0, 0.1) is 11.7 Å². The highest BCUT2D eigenvalue weighted by Gasteiger charge is 2.17. The molecular weight excluding hydrogens is 413 g/mol. The lowest BCUT2D eigenvalue weighted by molar-refractivity contribution is 0.546. The maximum absolute atomic E-state index is 13.3. The van der Waals surface area contributed by atoms with E-state index in [4.69, 9.17) is 4.98 Å². The molecule has 1 fully saturated rings. The normalized spacial score (nSPS) is 14.5. The second kappa shape index (κ2) is 8.14. The van der Waals surface area contributed by atoms with Crippen molar-refractivity contribution in [3.63, 3.8) is 0 Å². The number of halogens is 1. The Balaban J connectivity index is 1.42. The van der Waals surface area contributed by atoms with Crippen molar-refractivity contribution in [2.24, 2.45) is 5.92 Å². The summed E-state index contributed by atoms with van der Waals surface area (Å²) in [6, 6.07) is 24.3. The summed E-state index contributed by atoms with van der Waals surface area (Å²) in [6.07, 6.45) is 8.62. The number of aromatic nitrogens is 1. The quantitative estimate of drug-likeness (QED) is 0.274. The molecule has 0 amide bonds. The van der Waals surface area contributed by atoms with E-state index in [1.807, 2.05) is 29.7 Å². The van der Waals surface area contributed by atoms with Crippen LogP contribution in [0.2, 0.25) is 0 Å². The first-order valence-corrected chi connectivity index (χ1v) is 12.2. The Morgan fingerprint density at radius 1 is 0.844 bits per heavy atom. The molecule has 1 aliphatic rings. The zero-order valence-electron chi connectivity index (χ0n) is 17.9. The number of thiophene rings is 1. The van der Waals surface area contributed by atoms with Gasteiger partial charge in [0.15, 0.2) is 0 Å². The molecule has 2 heterocycles. The minimum atomic E-state index is -0.205. The molecule has 1 aliphatic carbocycles. The number of hydrogen-bond donors (Lipinski definition) is 0. The molecule has 0 unspecified atom stereocenters. The summed E-state index contributed by atoms with van der Waals surface area (Å²) in [5.41, 5.74) is 5.82. The molecule has 158 valence electrons. The van der Waals surface area contributed by atoms with Gasteiger partial charge in [-0.2, -0.15) is 0 Å². The van der Waals surface area contributed by atoms with Crippen LogP contribution in [0.1, 0.15) is 31.2 Å². The van der Waals surface area contributed by atoms with E-state index in [0.29, 0.717) is 0 Å². The summed E-state index contributed by atoms with van der Waals surface area (Å²) >= 11 is 1.82. The summed E-state index contributed by atoms with van der Waals surface area (Å²) in [7, 11) is 0. The highest BCUT2D eigenvalue weighted by Crippen LogP contribution is 2.41. The highest BCUT2D eigenvalue weighted by molar-refractivity contribution is 7.26. The number of hydrogen-bond acceptors (Lipinski definition) is 2. The Kier molecular flexibility index (Phi) is 4.99. The lowest BCUT2D eigenvalue weighted by Crippen LogP contribution is -1.99. The van der Waals surface area contributed by atoms with Gasteiger partial charge in [-0.3, -0.25) is 4.98 Å². The van der Waals surface area contributed by atoms with Crippen LogP contribution in [0.5, 0.6) is 0 Å². The van der Waals surface area contributed by atoms with E-state index in [9.17, 15) is 4.39 Å². The van der Waals surface area contributed by atoms with Gasteiger partial charge in [0.05, 0.1) is 5.69 Å². The number of rotatable bonds is 4. The van der Waals surface area contributed by atoms with Gasteiger partial charge in [-0.05, 0) is 59.4 Å². The van der Waals surface area contributed by atoms with Crippen molar-refractivity contribution < 1.29 is 4.39 Å². The van der Waals surface area contributed by atoms with Crippen LogP contribution < -0.4 is 0 Å². The van der Waals surface area contributed by atoms with Crippen LogP contribution in [0.3, 0.4) is 0 Å². The summed E-state index contributed by atoms with van der Waals surface area (Å²) in [4.78, 5) is 4.75. The molecule has 2 aromatic heterocycles. The van der Waals surface area contributed by atoms with Gasteiger partial charge in [0.25, 0.3) is 0 Å². The number of fused-ring (bicyclic) bond motifs is 3. The summed E-state index contributed by atoms with van der Waals surface area (Å²) in [6.45, 7) is 0. The fraction of sp³-hybridized carbons (Fsp3) is 0.207. The van der Waals surface area contributed by atoms with Gasteiger partial charge in [0.1, 0.15) is 5.82 Å². The van der Waals surface area contributed by atoms with E-state index in [2.05, 4.69) is 48.5 Å². The Bertz CT molecular complexity index is 1410. The molecular formula is C29H24FNS. The fourth-order valence-corrected chi connectivity index (χ4v) is 6.38. The van der Waals surface area contributed by atoms with Crippen LogP contribution in [0.25, 0.3) is 42.6 Å². The monoisotopic (exact) mass is 437 g/mol. The van der Waals surface area contributed by atoms with E-state index in [1.54, 1.807) is 0 Å². The van der Waals surface area contributed by atoms with E-state index < -0.39 is 0 Å². The second-order valence-electron chi connectivity index (χ2n) is 8.91. The van der Waals surface area contributed by atoms with Crippen LogP contribution >= 0.6 is 11.3 Å². The first-order chi connectivity index (χ1) is 15.7. The lowest BCUT2D eigenvalue weighted by Gasteiger charge is -2.10. The number of nitrogens with zero attached hydrogens (tertiary/aromatic N) is 1. The van der Waals surface area contributed by atoms with Gasteiger partial charge in [-0.25, -0.2) is 4.39 Å². The minimum absolute atomic E-state index is 0.205. The molecule has 3 aromatic carbocycles. The van der Waals surface area contributed by atoms with Crippen LogP contribution in [-0.2, 0) is 6.42 Å². The molecule has 0 bridgehead atoms. The third kappa shape index (κ3) is 3.61. The van der Waals surface area contributed by atoms with E-state index in [1.165, 1.54) is 75.5 Å². The van der Waals surface area contributed by atoms with E-state index >= 15 is 0 Å². The minimum Gasteiger partial charge on any atom is -0.256 e. The molecule has 32 heavy (non-hydrogen) atoms. The standard InChI is InChI=1S/C29H24FNS/c30-23-11-8-21(9-12-23)22-10-13-24-25-6-3-7-26(29(25)32-28(24)18-22)27-17-20(14-15-31-27)16-19-4-1-2-5-19/h3,6-15,17-19H,1-2,4-5,16H2. The molecule has 0 radical (unpaired) electrons. The van der Waals surface area contributed by atoms with Gasteiger partial charge in [-0.15, -0.1) is 11.3 Å². The van der Waals surface area contributed by atoms with Crippen molar-refractivity contribution in [3.8, 4) is 22.4 Å². The molecule has 1 saturated carbocycles. The predicted molar refractivity (Wildman–Crippen MR) is 134 cm³/mol. The van der Waals surface area contributed by atoms with Gasteiger partial charge in [-0.1, -0.05) is 68.1 Å². The van der Waals surface area contributed by atoms with Gasteiger partial charge in [0, 0.05) is 31.9 Å². The van der Waals surface area contributed by atoms with Crippen molar-refractivity contribution in [1.82, 2.24) is 4.98 Å². The third-order valence-electron chi connectivity index (χ3n) is 6.78. The largest absolute Gasteiger partial charge is 0.256 e. The average molecular weight is 438 g/mol. The van der Waals surface area contributed by atoms with Crippen molar-refractivity contribution in [2.45, 2.75) is 32.1 Å². The molecule has 1 nitrogen and oxygen atoms in total. The summed E-state index contributed by atoms with van der Waals surface area (Å²) in [5, 5.41) is 2.54. The smallest absolute Gasteiger partial charge is 0.123 e. The highest BCUT2D eigenvalue weighted by atomic mass is 32.1. The Morgan fingerprint density at radius 2 is 1.66 bits per heavy atom. The van der Waals surface area contributed by atoms with Crippen molar-refractivity contribution in [3.05, 3.63) is 90.4 Å². The van der Waals surface area contributed by atoms with Gasteiger partial charge in [0.2, 0.25) is 0 Å². The molecule has 0 spiro atoms. The number of pyridine rings is 1. The number of benzene rings is 3. The second-order valence-corrected chi connectivity index (χ2v) is 9.96. The Hall–Kier alpha value is -3.04. The molecule has 6 rings (SSSR count). The van der Waals surface area contributed by atoms with E-state index in [0.717, 1.165) is 22.7 Å². The topological polar surface area (TPSA) is 12.9 Å². The van der Waals surface area contributed by atoms with Gasteiger partial charge < -0.3 is 0 Å². The maximum atomic E-state index is 13.3. The first-order valence-electron chi connectivity index (χ1n) is 11.4. The molecule has 0 aliphatic heterocycles. The molecule has 3 heteroatoms. The molecule has 0 N–H and O–H groups in total. The van der Waals surface area contributed by atoms with Gasteiger partial charge >= 0.3 is 0 Å². The SMILES string of the molecule is Fc1ccc(-c2ccc3c(c2)sc2c(-c4cc(CC5CCCC5)ccn4)cccc23)cc1. The van der Waals surface area contributed by atoms with Crippen molar-refractivity contribution >= 4 is 31.5 Å².